The molecule has 0 amide bonds. The van der Waals surface area contributed by atoms with Gasteiger partial charge in [-0.25, -0.2) is 0 Å². The number of hydrogen-bond donors (Lipinski definition) is 0. The third kappa shape index (κ3) is 8.96. The number of nitrogens with zero attached hydrogens (tertiary/aromatic N) is 2. The predicted molar refractivity (Wildman–Crippen MR) is 102 cm³/mol. The highest BCUT2D eigenvalue weighted by Gasteiger charge is 2.28. The molecule has 0 N–H and O–H groups in total. The lowest BCUT2D eigenvalue weighted by Crippen LogP contribution is -2.29. The van der Waals surface area contributed by atoms with Gasteiger partial charge in [-0.05, 0) is 12.8 Å². The summed E-state index contributed by atoms with van der Waals surface area (Å²) < 4.78 is 0. The first kappa shape index (κ1) is 20.8. The van der Waals surface area contributed by atoms with Crippen molar-refractivity contribution in [3.8, 4) is 0 Å². The fraction of sp³-hybridized carbons (Fsp3) is 0.700. The van der Waals surface area contributed by atoms with Crippen molar-refractivity contribution >= 4 is 11.9 Å². The predicted octanol–water partition coefficient (Wildman–Crippen LogP) is 6.73. The lowest BCUT2D eigenvalue weighted by molar-refractivity contribution is 0.361. The molecule has 2 nitrogen and oxygen atoms in total. The quantitative estimate of drug-likeness (QED) is 0.251. The van der Waals surface area contributed by atoms with Crippen molar-refractivity contribution in [2.45, 2.75) is 85.0 Å². The highest BCUT2D eigenvalue weighted by molar-refractivity contribution is 6.33. The van der Waals surface area contributed by atoms with Crippen LogP contribution in [0.5, 0.6) is 0 Å². The number of rotatable bonds is 14. The fourth-order valence-corrected chi connectivity index (χ4v) is 2.83. The lowest BCUT2D eigenvalue weighted by atomic mass is 9.76. The molecule has 0 spiro atoms. The Balaban J connectivity index is 4.91. The minimum Gasteiger partial charge on any atom is -0.263 e. The summed E-state index contributed by atoms with van der Waals surface area (Å²) in [5, 5.41) is 0. The van der Waals surface area contributed by atoms with Crippen LogP contribution >= 0.6 is 0 Å². The zero-order chi connectivity index (χ0) is 16.7. The molecule has 0 radical (unpaired) electrons. The van der Waals surface area contributed by atoms with Gasteiger partial charge in [0.2, 0.25) is 0 Å². The standard InChI is InChI=1S/C20H36N2/c1-6-10-12-14-16-20(5,17-15-13-11-7-2)19(22-9-4)18-21-8-3/h8-9,18H,3-4,6-7,10-17H2,1-2,5H3/b21-18-,22-19+. The molecule has 0 saturated heterocycles. The zero-order valence-corrected chi connectivity index (χ0v) is 15.1. The number of unbranched alkanes of at least 4 members (excludes halogenated alkanes) is 6. The Kier molecular flexibility index (Phi) is 12.8. The van der Waals surface area contributed by atoms with Crippen molar-refractivity contribution in [3.05, 3.63) is 25.6 Å². The van der Waals surface area contributed by atoms with Gasteiger partial charge in [0.05, 0.1) is 5.71 Å². The largest absolute Gasteiger partial charge is 0.263 e. The molecule has 0 aliphatic carbocycles. The summed E-state index contributed by atoms with van der Waals surface area (Å²) in [5.74, 6) is 0. The maximum Gasteiger partial charge on any atom is 0.0644 e. The minimum atomic E-state index is 0.0994. The lowest BCUT2D eigenvalue weighted by Gasteiger charge is -2.30. The smallest absolute Gasteiger partial charge is 0.0644 e. The van der Waals surface area contributed by atoms with Gasteiger partial charge < -0.3 is 0 Å². The second-order valence-electron chi connectivity index (χ2n) is 6.34. The Morgan fingerprint density at radius 2 is 1.41 bits per heavy atom. The van der Waals surface area contributed by atoms with Crippen LogP contribution in [0.25, 0.3) is 0 Å². The highest BCUT2D eigenvalue weighted by Crippen LogP contribution is 2.33. The van der Waals surface area contributed by atoms with Crippen LogP contribution in [0, 0.1) is 5.41 Å². The topological polar surface area (TPSA) is 24.7 Å². The molecule has 0 fully saturated rings. The van der Waals surface area contributed by atoms with E-state index in [0.29, 0.717) is 0 Å². The van der Waals surface area contributed by atoms with Crippen LogP contribution in [0.4, 0.5) is 0 Å². The zero-order valence-electron chi connectivity index (χ0n) is 15.1. The van der Waals surface area contributed by atoms with Crippen LogP contribution in [-0.4, -0.2) is 11.9 Å². The van der Waals surface area contributed by atoms with Gasteiger partial charge in [-0.1, -0.05) is 85.3 Å². The van der Waals surface area contributed by atoms with E-state index >= 15 is 0 Å². The fourth-order valence-electron chi connectivity index (χ4n) is 2.83. The van der Waals surface area contributed by atoms with E-state index in [1.807, 2.05) is 6.21 Å². The molecule has 0 bridgehead atoms. The molecular formula is C20H36N2. The van der Waals surface area contributed by atoms with E-state index in [1.54, 1.807) is 12.4 Å². The van der Waals surface area contributed by atoms with Crippen LogP contribution in [0.1, 0.15) is 85.0 Å². The van der Waals surface area contributed by atoms with Crippen molar-refractivity contribution in [1.82, 2.24) is 0 Å². The summed E-state index contributed by atoms with van der Waals surface area (Å²) >= 11 is 0. The Morgan fingerprint density at radius 3 is 1.82 bits per heavy atom. The van der Waals surface area contributed by atoms with E-state index in [2.05, 4.69) is 43.9 Å². The third-order valence-electron chi connectivity index (χ3n) is 4.32. The van der Waals surface area contributed by atoms with Crippen molar-refractivity contribution in [3.63, 3.8) is 0 Å². The van der Waals surface area contributed by atoms with Gasteiger partial charge in [0.25, 0.3) is 0 Å². The van der Waals surface area contributed by atoms with Crippen LogP contribution in [-0.2, 0) is 0 Å². The molecular weight excluding hydrogens is 268 g/mol. The Bertz CT molecular complexity index is 341. The average molecular weight is 305 g/mol. The molecule has 0 aliphatic rings. The average Bonchev–Trinajstić information content (AvgIpc) is 2.52. The SMILES string of the molecule is C=C/N=C\C(=N/C=C)C(C)(CCCCCC)CCCCCC. The molecule has 0 saturated carbocycles. The van der Waals surface area contributed by atoms with Gasteiger partial charge in [-0.15, -0.1) is 0 Å². The van der Waals surface area contributed by atoms with E-state index in [4.69, 9.17) is 0 Å². The number of aliphatic imine (C=N–C) groups is 2. The van der Waals surface area contributed by atoms with E-state index in [0.717, 1.165) is 5.71 Å². The molecule has 0 aromatic rings. The third-order valence-corrected chi connectivity index (χ3v) is 4.32. The van der Waals surface area contributed by atoms with Gasteiger partial charge in [0, 0.05) is 24.0 Å². The van der Waals surface area contributed by atoms with E-state index in [-0.39, 0.29) is 5.41 Å². The van der Waals surface area contributed by atoms with Gasteiger partial charge in [-0.2, -0.15) is 0 Å². The van der Waals surface area contributed by atoms with Crippen LogP contribution < -0.4 is 0 Å². The molecule has 0 unspecified atom stereocenters. The first-order valence-electron chi connectivity index (χ1n) is 8.97. The maximum atomic E-state index is 4.52. The van der Waals surface area contributed by atoms with Crippen LogP contribution in [0.3, 0.4) is 0 Å². The molecule has 0 aromatic heterocycles. The summed E-state index contributed by atoms with van der Waals surface area (Å²) in [6.07, 6.45) is 17.8. The summed E-state index contributed by atoms with van der Waals surface area (Å²) in [7, 11) is 0. The maximum absolute atomic E-state index is 4.52. The van der Waals surface area contributed by atoms with E-state index in [1.165, 1.54) is 64.2 Å². The molecule has 22 heavy (non-hydrogen) atoms. The minimum absolute atomic E-state index is 0.0994. The molecule has 0 atom stereocenters. The second kappa shape index (κ2) is 13.5. The molecule has 0 rings (SSSR count). The van der Waals surface area contributed by atoms with Crippen molar-refractivity contribution in [2.24, 2.45) is 15.4 Å². The molecule has 0 heterocycles. The molecule has 2 heteroatoms. The normalized spacial score (nSPS) is 12.8. The first-order valence-corrected chi connectivity index (χ1v) is 8.97. The van der Waals surface area contributed by atoms with Crippen LogP contribution in [0.15, 0.2) is 35.5 Å². The van der Waals surface area contributed by atoms with Crippen LogP contribution in [0.2, 0.25) is 0 Å². The highest BCUT2D eigenvalue weighted by atomic mass is 14.8. The first-order chi connectivity index (χ1) is 10.6. The van der Waals surface area contributed by atoms with Crippen molar-refractivity contribution in [1.29, 1.82) is 0 Å². The summed E-state index contributed by atoms with van der Waals surface area (Å²) in [6.45, 7) is 14.3. The summed E-state index contributed by atoms with van der Waals surface area (Å²) in [5.41, 5.74) is 1.15. The Morgan fingerprint density at radius 1 is 0.864 bits per heavy atom. The van der Waals surface area contributed by atoms with Gasteiger partial charge in [0.1, 0.15) is 0 Å². The van der Waals surface area contributed by atoms with Gasteiger partial charge >= 0.3 is 0 Å². The monoisotopic (exact) mass is 304 g/mol. The van der Waals surface area contributed by atoms with Crippen molar-refractivity contribution < 1.29 is 0 Å². The van der Waals surface area contributed by atoms with Gasteiger partial charge in [-0.3, -0.25) is 9.98 Å². The van der Waals surface area contributed by atoms with E-state index < -0.39 is 0 Å². The van der Waals surface area contributed by atoms with Gasteiger partial charge in [0.15, 0.2) is 0 Å². The molecule has 126 valence electrons. The summed E-state index contributed by atoms with van der Waals surface area (Å²) in [6, 6.07) is 0. The second-order valence-corrected chi connectivity index (χ2v) is 6.34. The molecule has 0 aromatic carbocycles. The Hall–Kier alpha value is -1.18. The molecule has 0 aliphatic heterocycles. The number of hydrogen-bond acceptors (Lipinski definition) is 2. The van der Waals surface area contributed by atoms with Crippen molar-refractivity contribution in [2.75, 3.05) is 0 Å². The van der Waals surface area contributed by atoms with E-state index in [9.17, 15) is 0 Å². The summed E-state index contributed by atoms with van der Waals surface area (Å²) in [4.78, 5) is 8.72. The Labute approximate surface area is 138 Å².